The fourth-order valence-corrected chi connectivity index (χ4v) is 1.55. The Balaban J connectivity index is 2.85. The molecule has 1 rings (SSSR count). The van der Waals surface area contributed by atoms with E-state index in [1.165, 1.54) is 6.07 Å². The number of nitrogens with one attached hydrogen (secondary N) is 1. The van der Waals surface area contributed by atoms with Gasteiger partial charge in [0.25, 0.3) is 5.91 Å². The van der Waals surface area contributed by atoms with Gasteiger partial charge in [-0.15, -0.1) is 0 Å². The second-order valence-electron chi connectivity index (χ2n) is 3.97. The Bertz CT molecular complexity index is 486. The first-order chi connectivity index (χ1) is 9.60. The van der Waals surface area contributed by atoms with Crippen LogP contribution in [-0.4, -0.2) is 41.3 Å². The van der Waals surface area contributed by atoms with Crippen LogP contribution in [0.4, 0.5) is 0 Å². The van der Waals surface area contributed by atoms with E-state index in [0.29, 0.717) is 5.75 Å². The normalized spacial score (nSPS) is 11.4. The molecule has 0 saturated heterocycles. The topological polar surface area (TPSA) is 95.9 Å². The molecule has 3 N–H and O–H groups in total. The number of hydrogen-bond donors (Lipinski definition) is 3. The van der Waals surface area contributed by atoms with Crippen molar-refractivity contribution in [1.82, 2.24) is 5.32 Å². The number of carboxylic acids is 1. The summed E-state index contributed by atoms with van der Waals surface area (Å²) in [5.74, 6) is -1.42. The molecule has 0 aliphatic heterocycles. The van der Waals surface area contributed by atoms with Crippen LogP contribution in [0, 0.1) is 0 Å². The first-order valence-electron chi connectivity index (χ1n) is 6.07. The maximum Gasteiger partial charge on any atom is 0.326 e. The van der Waals surface area contributed by atoms with Crippen LogP contribution in [0.5, 0.6) is 5.75 Å². The van der Waals surface area contributed by atoms with Crippen molar-refractivity contribution < 1.29 is 24.5 Å². The summed E-state index contributed by atoms with van der Waals surface area (Å²) in [5, 5.41) is 20.1. The lowest BCUT2D eigenvalue weighted by molar-refractivity contribution is -0.139. The Morgan fingerprint density at radius 3 is 2.70 bits per heavy atom. The zero-order chi connectivity index (χ0) is 15.0. The van der Waals surface area contributed by atoms with Gasteiger partial charge in [0.2, 0.25) is 0 Å². The Morgan fingerprint density at radius 1 is 1.40 bits per heavy atom. The Kier molecular flexibility index (Phi) is 6.25. The summed E-state index contributed by atoms with van der Waals surface area (Å²) in [6.45, 7) is 3.43. The number of rotatable bonds is 8. The molecule has 0 unspecified atom stereocenters. The van der Waals surface area contributed by atoms with Crippen molar-refractivity contribution in [3.05, 3.63) is 42.5 Å². The van der Waals surface area contributed by atoms with E-state index >= 15 is 0 Å². The zero-order valence-corrected chi connectivity index (χ0v) is 10.9. The number of para-hydroxylation sites is 1. The van der Waals surface area contributed by atoms with Gasteiger partial charge in [0.1, 0.15) is 18.4 Å². The summed E-state index contributed by atoms with van der Waals surface area (Å²) >= 11 is 0. The average molecular weight is 279 g/mol. The molecule has 0 heterocycles. The maximum absolute atomic E-state index is 12.1. The third kappa shape index (κ3) is 4.40. The molecule has 108 valence electrons. The molecule has 0 aliphatic carbocycles. The van der Waals surface area contributed by atoms with Crippen LogP contribution in [-0.2, 0) is 4.79 Å². The molecule has 1 amide bonds. The Morgan fingerprint density at radius 2 is 2.10 bits per heavy atom. The van der Waals surface area contributed by atoms with Gasteiger partial charge >= 0.3 is 5.97 Å². The van der Waals surface area contributed by atoms with Crippen molar-refractivity contribution >= 4 is 11.9 Å². The highest BCUT2D eigenvalue weighted by molar-refractivity contribution is 5.98. The van der Waals surface area contributed by atoms with Crippen molar-refractivity contribution in [2.45, 2.75) is 12.5 Å². The number of ether oxygens (including phenoxy) is 1. The first kappa shape index (κ1) is 15.7. The first-order valence-corrected chi connectivity index (χ1v) is 6.07. The fourth-order valence-electron chi connectivity index (χ4n) is 1.55. The molecule has 6 nitrogen and oxygen atoms in total. The van der Waals surface area contributed by atoms with Gasteiger partial charge in [-0.05, 0) is 12.1 Å². The van der Waals surface area contributed by atoms with Gasteiger partial charge in [0, 0.05) is 13.0 Å². The van der Waals surface area contributed by atoms with Gasteiger partial charge in [-0.3, -0.25) is 4.79 Å². The Hall–Kier alpha value is -2.34. The number of aliphatic hydroxyl groups excluding tert-OH is 1. The zero-order valence-electron chi connectivity index (χ0n) is 10.9. The molecule has 0 fully saturated rings. The van der Waals surface area contributed by atoms with Crippen LogP contribution < -0.4 is 10.1 Å². The van der Waals surface area contributed by atoms with E-state index < -0.39 is 17.9 Å². The van der Waals surface area contributed by atoms with Crippen molar-refractivity contribution in [1.29, 1.82) is 0 Å². The summed E-state index contributed by atoms with van der Waals surface area (Å²) in [4.78, 5) is 23.0. The predicted octanol–water partition coefficient (Wildman–Crippen LogP) is 0.817. The molecule has 0 spiro atoms. The molecule has 0 aromatic heterocycles. The predicted molar refractivity (Wildman–Crippen MR) is 72.7 cm³/mol. The number of carbonyl (C=O) groups excluding carboxylic acids is 1. The second kappa shape index (κ2) is 7.96. The van der Waals surface area contributed by atoms with Crippen molar-refractivity contribution in [3.8, 4) is 5.75 Å². The van der Waals surface area contributed by atoms with E-state index in [4.69, 9.17) is 14.9 Å². The van der Waals surface area contributed by atoms with Gasteiger partial charge < -0.3 is 20.3 Å². The van der Waals surface area contributed by atoms with E-state index in [0.717, 1.165) is 0 Å². The van der Waals surface area contributed by atoms with Crippen LogP contribution in [0.25, 0.3) is 0 Å². The SMILES string of the molecule is C=CCOc1ccccc1C(=O)N[C@H](CCO)C(=O)O. The van der Waals surface area contributed by atoms with E-state index in [9.17, 15) is 9.59 Å². The van der Waals surface area contributed by atoms with E-state index in [-0.39, 0.29) is 25.2 Å². The molecule has 0 bridgehead atoms. The fraction of sp³-hybridized carbons (Fsp3) is 0.286. The van der Waals surface area contributed by atoms with E-state index in [1.54, 1.807) is 24.3 Å². The van der Waals surface area contributed by atoms with Gasteiger partial charge in [-0.25, -0.2) is 4.79 Å². The summed E-state index contributed by atoms with van der Waals surface area (Å²) in [6.07, 6.45) is 1.48. The summed E-state index contributed by atoms with van der Waals surface area (Å²) in [5.41, 5.74) is 0.235. The molecule has 0 aliphatic rings. The summed E-state index contributed by atoms with van der Waals surface area (Å²) in [7, 11) is 0. The van der Waals surface area contributed by atoms with E-state index in [2.05, 4.69) is 11.9 Å². The van der Waals surface area contributed by atoms with Crippen molar-refractivity contribution in [2.24, 2.45) is 0 Å². The molecular weight excluding hydrogens is 262 g/mol. The smallest absolute Gasteiger partial charge is 0.326 e. The lowest BCUT2D eigenvalue weighted by Gasteiger charge is -2.15. The molecule has 1 aromatic carbocycles. The van der Waals surface area contributed by atoms with Gasteiger partial charge in [-0.2, -0.15) is 0 Å². The molecule has 20 heavy (non-hydrogen) atoms. The van der Waals surface area contributed by atoms with E-state index in [1.807, 2.05) is 0 Å². The molecule has 1 aromatic rings. The maximum atomic E-state index is 12.1. The molecule has 0 radical (unpaired) electrons. The Labute approximate surface area is 116 Å². The van der Waals surface area contributed by atoms with Gasteiger partial charge in [0.05, 0.1) is 5.56 Å². The summed E-state index contributed by atoms with van der Waals surface area (Å²) < 4.78 is 5.33. The molecule has 1 atom stereocenters. The highest BCUT2D eigenvalue weighted by Gasteiger charge is 2.21. The average Bonchev–Trinajstić information content (AvgIpc) is 2.44. The van der Waals surface area contributed by atoms with Crippen LogP contribution >= 0.6 is 0 Å². The number of carboxylic acid groups (broad SMARTS) is 1. The highest BCUT2D eigenvalue weighted by atomic mass is 16.5. The highest BCUT2D eigenvalue weighted by Crippen LogP contribution is 2.18. The second-order valence-corrected chi connectivity index (χ2v) is 3.97. The largest absolute Gasteiger partial charge is 0.489 e. The monoisotopic (exact) mass is 279 g/mol. The third-order valence-corrected chi connectivity index (χ3v) is 2.51. The number of amides is 1. The van der Waals surface area contributed by atoms with Crippen LogP contribution in [0.3, 0.4) is 0 Å². The lowest BCUT2D eigenvalue weighted by Crippen LogP contribution is -2.41. The quantitative estimate of drug-likeness (QED) is 0.612. The number of hydrogen-bond acceptors (Lipinski definition) is 4. The molecule has 6 heteroatoms. The number of benzene rings is 1. The summed E-state index contributed by atoms with van der Waals surface area (Å²) in [6, 6.07) is 5.36. The van der Waals surface area contributed by atoms with Crippen LogP contribution in [0.2, 0.25) is 0 Å². The standard InChI is InChI=1S/C14H17NO5/c1-2-9-20-12-6-4-3-5-10(12)13(17)15-11(7-8-16)14(18)19/h2-6,11,16H,1,7-9H2,(H,15,17)(H,18,19)/t11-/m1/s1. The van der Waals surface area contributed by atoms with Gasteiger partial charge in [0.15, 0.2) is 0 Å². The van der Waals surface area contributed by atoms with Gasteiger partial charge in [-0.1, -0.05) is 24.8 Å². The van der Waals surface area contributed by atoms with Crippen LogP contribution in [0.1, 0.15) is 16.8 Å². The minimum Gasteiger partial charge on any atom is -0.489 e. The lowest BCUT2D eigenvalue weighted by atomic mass is 10.1. The number of aliphatic carboxylic acids is 1. The molecular formula is C14H17NO5. The number of aliphatic hydroxyl groups is 1. The molecule has 0 saturated carbocycles. The minimum absolute atomic E-state index is 0.0588. The third-order valence-electron chi connectivity index (χ3n) is 2.51. The number of carbonyl (C=O) groups is 2. The minimum atomic E-state index is -1.20. The van der Waals surface area contributed by atoms with Crippen molar-refractivity contribution in [2.75, 3.05) is 13.2 Å². The van der Waals surface area contributed by atoms with Crippen LogP contribution in [0.15, 0.2) is 36.9 Å². The van der Waals surface area contributed by atoms with Crippen molar-refractivity contribution in [3.63, 3.8) is 0 Å².